The number of fused-ring (bicyclic) bond motifs is 2. The van der Waals surface area contributed by atoms with Crippen molar-refractivity contribution in [1.29, 1.82) is 0 Å². The average Bonchev–Trinajstić information content (AvgIpc) is 3.56. The fourth-order valence-corrected chi connectivity index (χ4v) is 4.55. The Bertz CT molecular complexity index is 1300. The van der Waals surface area contributed by atoms with Crippen LogP contribution in [0, 0.1) is 0 Å². The Morgan fingerprint density at radius 2 is 1.85 bits per heavy atom. The molecule has 6 rings (SSSR count). The van der Waals surface area contributed by atoms with Crippen LogP contribution in [0.15, 0.2) is 53.3 Å². The minimum atomic E-state index is 0.0275. The zero-order valence-corrected chi connectivity index (χ0v) is 18.2. The summed E-state index contributed by atoms with van der Waals surface area (Å²) in [6.45, 7) is 2.29. The standard InChI is InChI=1S/C25H24N4O4/c30-25(28-9-3-1-2-4-10-28)18-13-20(21-6-5-11-31-21)27-24-19(18)14-26-29(24)15-17-7-8-22-23(12-17)33-16-32-22/h5-8,11-14H,1-4,9-10,15-16H2. The van der Waals surface area contributed by atoms with Gasteiger partial charge in [0.2, 0.25) is 6.79 Å². The lowest BCUT2D eigenvalue weighted by Gasteiger charge is -2.21. The lowest BCUT2D eigenvalue weighted by Crippen LogP contribution is -2.32. The van der Waals surface area contributed by atoms with Gasteiger partial charge in [0.1, 0.15) is 5.69 Å². The number of rotatable bonds is 4. The molecule has 1 amide bonds. The number of carbonyl (C=O) groups excluding carboxylic acids is 1. The van der Waals surface area contributed by atoms with Crippen molar-refractivity contribution in [2.45, 2.75) is 32.2 Å². The molecule has 8 heteroatoms. The third-order valence-electron chi connectivity index (χ3n) is 6.28. The predicted molar refractivity (Wildman–Crippen MR) is 121 cm³/mol. The van der Waals surface area contributed by atoms with Crippen LogP contribution in [0.2, 0.25) is 0 Å². The van der Waals surface area contributed by atoms with Crippen molar-refractivity contribution in [2.24, 2.45) is 0 Å². The number of likely N-dealkylation sites (tertiary alicyclic amines) is 1. The Kier molecular flexibility index (Phi) is 4.97. The van der Waals surface area contributed by atoms with E-state index in [-0.39, 0.29) is 12.7 Å². The summed E-state index contributed by atoms with van der Waals surface area (Å²) in [7, 11) is 0. The number of pyridine rings is 1. The van der Waals surface area contributed by atoms with Crippen LogP contribution >= 0.6 is 0 Å². The Morgan fingerprint density at radius 3 is 2.67 bits per heavy atom. The number of carbonyl (C=O) groups is 1. The minimum Gasteiger partial charge on any atom is -0.463 e. The largest absolute Gasteiger partial charge is 0.463 e. The molecule has 0 radical (unpaired) electrons. The van der Waals surface area contributed by atoms with Crippen molar-refractivity contribution in [1.82, 2.24) is 19.7 Å². The highest BCUT2D eigenvalue weighted by Crippen LogP contribution is 2.33. The molecule has 2 aliphatic rings. The zero-order chi connectivity index (χ0) is 22.2. The van der Waals surface area contributed by atoms with Crippen LogP contribution < -0.4 is 9.47 Å². The lowest BCUT2D eigenvalue weighted by molar-refractivity contribution is 0.0763. The van der Waals surface area contributed by atoms with E-state index in [0.717, 1.165) is 48.4 Å². The number of hydrogen-bond donors (Lipinski definition) is 0. The number of benzene rings is 1. The molecule has 3 aromatic heterocycles. The van der Waals surface area contributed by atoms with E-state index in [4.69, 9.17) is 18.9 Å². The maximum atomic E-state index is 13.6. The summed E-state index contributed by atoms with van der Waals surface area (Å²) < 4.78 is 18.4. The van der Waals surface area contributed by atoms with E-state index >= 15 is 0 Å². The van der Waals surface area contributed by atoms with Gasteiger partial charge in [-0.25, -0.2) is 9.67 Å². The van der Waals surface area contributed by atoms with E-state index in [2.05, 4.69) is 5.10 Å². The van der Waals surface area contributed by atoms with Crippen LogP contribution in [0.3, 0.4) is 0 Å². The Balaban J connectivity index is 1.42. The monoisotopic (exact) mass is 444 g/mol. The first-order valence-corrected chi connectivity index (χ1v) is 11.3. The summed E-state index contributed by atoms with van der Waals surface area (Å²) in [5.41, 5.74) is 2.90. The summed E-state index contributed by atoms with van der Waals surface area (Å²) in [5.74, 6) is 2.12. The van der Waals surface area contributed by atoms with Crippen molar-refractivity contribution in [3.63, 3.8) is 0 Å². The molecular formula is C25H24N4O4. The third-order valence-corrected chi connectivity index (χ3v) is 6.28. The van der Waals surface area contributed by atoms with E-state index in [1.54, 1.807) is 12.5 Å². The first-order chi connectivity index (χ1) is 16.3. The third kappa shape index (κ3) is 3.71. The SMILES string of the molecule is O=C(c1cc(-c2ccco2)nc2c1cnn2Cc1ccc2c(c1)OCO2)N1CCCCCC1. The summed E-state index contributed by atoms with van der Waals surface area (Å²) in [4.78, 5) is 20.4. The fourth-order valence-electron chi connectivity index (χ4n) is 4.55. The molecule has 1 fully saturated rings. The highest BCUT2D eigenvalue weighted by molar-refractivity contribution is 6.06. The highest BCUT2D eigenvalue weighted by atomic mass is 16.7. The summed E-state index contributed by atoms with van der Waals surface area (Å²) in [5, 5.41) is 5.34. The summed E-state index contributed by atoms with van der Waals surface area (Å²) in [6.07, 6.45) is 7.76. The van der Waals surface area contributed by atoms with Gasteiger partial charge in [-0.1, -0.05) is 18.9 Å². The molecule has 4 aromatic rings. The Labute approximate surface area is 190 Å². The first-order valence-electron chi connectivity index (χ1n) is 11.3. The molecule has 0 saturated carbocycles. The number of ether oxygens (including phenoxy) is 2. The van der Waals surface area contributed by atoms with Crippen molar-refractivity contribution in [3.8, 4) is 23.0 Å². The number of furan rings is 1. The minimum absolute atomic E-state index is 0.0275. The van der Waals surface area contributed by atoms with E-state index in [1.165, 1.54) is 12.8 Å². The molecule has 0 aliphatic carbocycles. The van der Waals surface area contributed by atoms with Crippen LogP contribution in [0.25, 0.3) is 22.5 Å². The molecular weight excluding hydrogens is 420 g/mol. The second kappa shape index (κ2) is 8.27. The van der Waals surface area contributed by atoms with Crippen molar-refractivity contribution in [3.05, 3.63) is 60.0 Å². The normalized spacial score (nSPS) is 15.7. The van der Waals surface area contributed by atoms with E-state index in [9.17, 15) is 4.79 Å². The van der Waals surface area contributed by atoms with Crippen LogP contribution in [0.5, 0.6) is 11.5 Å². The van der Waals surface area contributed by atoms with Gasteiger partial charge in [-0.2, -0.15) is 5.10 Å². The van der Waals surface area contributed by atoms with Crippen molar-refractivity contribution in [2.75, 3.05) is 19.9 Å². The molecule has 0 atom stereocenters. The summed E-state index contributed by atoms with van der Waals surface area (Å²) in [6, 6.07) is 11.4. The van der Waals surface area contributed by atoms with Gasteiger partial charge in [-0.15, -0.1) is 0 Å². The number of hydrogen-bond acceptors (Lipinski definition) is 6. The lowest BCUT2D eigenvalue weighted by atomic mass is 10.1. The second-order valence-corrected chi connectivity index (χ2v) is 8.47. The molecule has 5 heterocycles. The van der Waals surface area contributed by atoms with E-state index < -0.39 is 0 Å². The van der Waals surface area contributed by atoms with Gasteiger partial charge in [0.15, 0.2) is 22.9 Å². The Morgan fingerprint density at radius 1 is 1.00 bits per heavy atom. The second-order valence-electron chi connectivity index (χ2n) is 8.47. The van der Waals surface area contributed by atoms with Crippen LogP contribution in [-0.2, 0) is 6.54 Å². The van der Waals surface area contributed by atoms with Crippen molar-refractivity contribution < 1.29 is 18.7 Å². The van der Waals surface area contributed by atoms with Gasteiger partial charge in [-0.05, 0) is 48.7 Å². The number of aromatic nitrogens is 3. The molecule has 33 heavy (non-hydrogen) atoms. The van der Waals surface area contributed by atoms with E-state index in [1.807, 2.05) is 46.0 Å². The molecule has 0 spiro atoms. The topological polar surface area (TPSA) is 82.6 Å². The molecule has 168 valence electrons. The number of nitrogens with zero attached hydrogens (tertiary/aromatic N) is 4. The van der Waals surface area contributed by atoms with Gasteiger partial charge >= 0.3 is 0 Å². The smallest absolute Gasteiger partial charge is 0.254 e. The molecule has 0 unspecified atom stereocenters. The maximum absolute atomic E-state index is 13.6. The van der Waals surface area contributed by atoms with E-state index in [0.29, 0.717) is 29.2 Å². The highest BCUT2D eigenvalue weighted by Gasteiger charge is 2.24. The number of amides is 1. The van der Waals surface area contributed by atoms with Gasteiger partial charge < -0.3 is 18.8 Å². The molecule has 0 bridgehead atoms. The van der Waals surface area contributed by atoms with Crippen LogP contribution in [0.4, 0.5) is 0 Å². The zero-order valence-electron chi connectivity index (χ0n) is 18.2. The molecule has 8 nitrogen and oxygen atoms in total. The quantitative estimate of drug-likeness (QED) is 0.461. The average molecular weight is 444 g/mol. The molecule has 1 saturated heterocycles. The molecule has 0 N–H and O–H groups in total. The van der Waals surface area contributed by atoms with Crippen molar-refractivity contribution >= 4 is 16.9 Å². The first kappa shape index (κ1) is 19.8. The Hall–Kier alpha value is -3.81. The van der Waals surface area contributed by atoms with Gasteiger partial charge in [0, 0.05) is 13.1 Å². The van der Waals surface area contributed by atoms with Gasteiger partial charge in [-0.3, -0.25) is 4.79 Å². The van der Waals surface area contributed by atoms with Crippen LogP contribution in [-0.4, -0.2) is 45.5 Å². The fraction of sp³-hybridized carbons (Fsp3) is 0.320. The molecule has 2 aliphatic heterocycles. The van der Waals surface area contributed by atoms with Crippen LogP contribution in [0.1, 0.15) is 41.6 Å². The predicted octanol–water partition coefficient (Wildman–Crippen LogP) is 4.48. The molecule has 1 aromatic carbocycles. The van der Waals surface area contributed by atoms with Gasteiger partial charge in [0.25, 0.3) is 5.91 Å². The maximum Gasteiger partial charge on any atom is 0.254 e. The van der Waals surface area contributed by atoms with Gasteiger partial charge in [0.05, 0.1) is 30.0 Å². The summed E-state index contributed by atoms with van der Waals surface area (Å²) >= 11 is 0.